The molecule has 3 aromatic heterocycles. The van der Waals surface area contributed by atoms with E-state index >= 15 is 0 Å². The molecule has 0 radical (unpaired) electrons. The van der Waals surface area contributed by atoms with Gasteiger partial charge in [0.25, 0.3) is 17.4 Å². The highest BCUT2D eigenvalue weighted by Gasteiger charge is 2.18. The molecule has 2 amide bonds. The van der Waals surface area contributed by atoms with Crippen LogP contribution in [0.5, 0.6) is 5.75 Å². The van der Waals surface area contributed by atoms with E-state index in [1.807, 2.05) is 10.8 Å². The highest BCUT2D eigenvalue weighted by Crippen LogP contribution is 2.32. The summed E-state index contributed by atoms with van der Waals surface area (Å²) in [5, 5.41) is 10.3. The summed E-state index contributed by atoms with van der Waals surface area (Å²) in [6.45, 7) is 0.177. The second-order valence-corrected chi connectivity index (χ2v) is 8.18. The molecule has 150 valence electrons. The maximum atomic E-state index is 12.6. The van der Waals surface area contributed by atoms with E-state index in [0.29, 0.717) is 27.2 Å². The third kappa shape index (κ3) is 3.33. The van der Waals surface area contributed by atoms with E-state index in [-0.39, 0.29) is 30.4 Å². The summed E-state index contributed by atoms with van der Waals surface area (Å²) in [4.78, 5) is 48.2. The topological polar surface area (TPSA) is 126 Å². The molecule has 1 aliphatic rings. The summed E-state index contributed by atoms with van der Waals surface area (Å²) in [5.41, 5.74) is 1.65. The lowest BCUT2D eigenvalue weighted by Crippen LogP contribution is -2.28. The fourth-order valence-electron chi connectivity index (χ4n) is 3.08. The predicted molar refractivity (Wildman–Crippen MR) is 113 cm³/mol. The van der Waals surface area contributed by atoms with Crippen molar-refractivity contribution in [3.8, 4) is 16.3 Å². The van der Waals surface area contributed by atoms with E-state index in [4.69, 9.17) is 4.74 Å². The van der Waals surface area contributed by atoms with Crippen LogP contribution in [-0.4, -0.2) is 33.4 Å². The average Bonchev–Trinajstić information content (AvgIpc) is 3.41. The smallest absolute Gasteiger partial charge is 0.287 e. The first-order valence-corrected chi connectivity index (χ1v) is 10.6. The molecule has 1 aromatic carbocycles. The highest BCUT2D eigenvalue weighted by molar-refractivity contribution is 7.18. The number of hydrogen-bond donors (Lipinski definition) is 3. The first kappa shape index (κ1) is 18.5. The number of aromatic amines is 1. The van der Waals surface area contributed by atoms with Gasteiger partial charge in [0.15, 0.2) is 6.61 Å². The molecule has 0 saturated carbocycles. The highest BCUT2D eigenvalue weighted by atomic mass is 32.1. The lowest BCUT2D eigenvalue weighted by atomic mass is 10.1. The van der Waals surface area contributed by atoms with E-state index in [2.05, 4.69) is 25.6 Å². The van der Waals surface area contributed by atoms with Crippen molar-refractivity contribution in [2.75, 3.05) is 11.9 Å². The Kier molecular flexibility index (Phi) is 4.52. The molecule has 4 aromatic rings. The second kappa shape index (κ2) is 7.35. The van der Waals surface area contributed by atoms with E-state index in [1.54, 1.807) is 24.4 Å². The molecule has 11 heteroatoms. The fourth-order valence-corrected chi connectivity index (χ4v) is 4.73. The second-order valence-electron chi connectivity index (χ2n) is 6.43. The number of benzene rings is 1. The van der Waals surface area contributed by atoms with Crippen LogP contribution in [0.15, 0.2) is 40.0 Å². The van der Waals surface area contributed by atoms with Gasteiger partial charge in [0.05, 0.1) is 11.1 Å². The summed E-state index contributed by atoms with van der Waals surface area (Å²) >= 11 is 2.72. The van der Waals surface area contributed by atoms with Gasteiger partial charge >= 0.3 is 0 Å². The summed E-state index contributed by atoms with van der Waals surface area (Å²) in [6.07, 6.45) is 1.67. The third-order valence-electron chi connectivity index (χ3n) is 4.45. The number of amides is 2. The van der Waals surface area contributed by atoms with Gasteiger partial charge in [-0.2, -0.15) is 0 Å². The summed E-state index contributed by atoms with van der Waals surface area (Å²) in [6, 6.07) is 5.25. The largest absolute Gasteiger partial charge is 0.482 e. The minimum absolute atomic E-state index is 0.0163. The van der Waals surface area contributed by atoms with Gasteiger partial charge in [0, 0.05) is 29.1 Å². The zero-order valence-electron chi connectivity index (χ0n) is 15.2. The number of ether oxygens (including phenoxy) is 1. The monoisotopic (exact) mass is 439 g/mol. The Morgan fingerprint density at radius 3 is 3.00 bits per heavy atom. The molecule has 4 heterocycles. The van der Waals surface area contributed by atoms with E-state index in [0.717, 1.165) is 10.6 Å². The van der Waals surface area contributed by atoms with Crippen LogP contribution in [0.25, 0.3) is 20.8 Å². The number of rotatable bonds is 4. The Hall–Kier alpha value is -3.57. The zero-order chi connectivity index (χ0) is 20.7. The lowest BCUT2D eigenvalue weighted by Gasteiger charge is -2.18. The van der Waals surface area contributed by atoms with Crippen molar-refractivity contribution in [2.24, 2.45) is 0 Å². The van der Waals surface area contributed by atoms with Crippen LogP contribution in [0.4, 0.5) is 5.69 Å². The Morgan fingerprint density at radius 2 is 2.17 bits per heavy atom. The number of carbonyl (C=O) groups excluding carboxylic acids is 2. The first-order chi connectivity index (χ1) is 14.6. The number of aromatic nitrogens is 3. The van der Waals surface area contributed by atoms with Gasteiger partial charge in [-0.25, -0.2) is 9.97 Å². The Bertz CT molecular complexity index is 1340. The van der Waals surface area contributed by atoms with Crippen LogP contribution in [0.1, 0.15) is 16.2 Å². The van der Waals surface area contributed by atoms with E-state index < -0.39 is 5.91 Å². The van der Waals surface area contributed by atoms with Gasteiger partial charge in [0.1, 0.15) is 15.6 Å². The fraction of sp³-hybridized carbons (Fsp3) is 0.105. The number of thiazole rings is 1. The van der Waals surface area contributed by atoms with Crippen LogP contribution in [0.3, 0.4) is 0 Å². The number of carbonyl (C=O) groups is 2. The summed E-state index contributed by atoms with van der Waals surface area (Å²) in [5.74, 6) is -0.215. The molecule has 9 nitrogen and oxygen atoms in total. The first-order valence-electron chi connectivity index (χ1n) is 8.83. The number of H-pyrrole nitrogens is 1. The maximum Gasteiger partial charge on any atom is 0.287 e. The molecule has 5 rings (SSSR count). The van der Waals surface area contributed by atoms with Crippen LogP contribution in [-0.2, 0) is 11.3 Å². The molecule has 1 aliphatic heterocycles. The number of thiophene rings is 1. The quantitative estimate of drug-likeness (QED) is 0.448. The molecular weight excluding hydrogens is 426 g/mol. The minimum Gasteiger partial charge on any atom is -0.482 e. The van der Waals surface area contributed by atoms with Crippen molar-refractivity contribution in [1.29, 1.82) is 0 Å². The van der Waals surface area contributed by atoms with Gasteiger partial charge in [-0.3, -0.25) is 14.4 Å². The number of nitrogens with zero attached hydrogens (tertiary/aromatic N) is 2. The predicted octanol–water partition coefficient (Wildman–Crippen LogP) is 2.37. The molecule has 30 heavy (non-hydrogen) atoms. The molecule has 0 atom stereocenters. The number of anilines is 1. The van der Waals surface area contributed by atoms with Crippen molar-refractivity contribution in [1.82, 2.24) is 20.3 Å². The van der Waals surface area contributed by atoms with Crippen molar-refractivity contribution < 1.29 is 14.3 Å². The van der Waals surface area contributed by atoms with Gasteiger partial charge in [-0.15, -0.1) is 22.7 Å². The van der Waals surface area contributed by atoms with Crippen LogP contribution in [0, 0.1) is 0 Å². The van der Waals surface area contributed by atoms with Gasteiger partial charge in [-0.1, -0.05) is 6.07 Å². The third-order valence-corrected chi connectivity index (χ3v) is 6.13. The summed E-state index contributed by atoms with van der Waals surface area (Å²) in [7, 11) is 0. The number of fused-ring (bicyclic) bond motifs is 2. The van der Waals surface area contributed by atoms with Crippen molar-refractivity contribution in [3.63, 3.8) is 0 Å². The van der Waals surface area contributed by atoms with E-state index in [9.17, 15) is 14.4 Å². The molecule has 0 bridgehead atoms. The minimum atomic E-state index is -0.504. The zero-order valence-corrected chi connectivity index (χ0v) is 16.9. The van der Waals surface area contributed by atoms with Gasteiger partial charge in [0.2, 0.25) is 5.82 Å². The molecule has 0 fully saturated rings. The average molecular weight is 439 g/mol. The summed E-state index contributed by atoms with van der Waals surface area (Å²) < 4.78 is 5.32. The molecule has 0 spiro atoms. The van der Waals surface area contributed by atoms with Crippen LogP contribution in [0.2, 0.25) is 0 Å². The lowest BCUT2D eigenvalue weighted by molar-refractivity contribution is -0.118. The Balaban J connectivity index is 1.36. The number of hydrogen-bond acceptors (Lipinski definition) is 8. The van der Waals surface area contributed by atoms with Crippen LogP contribution >= 0.6 is 22.7 Å². The van der Waals surface area contributed by atoms with Crippen LogP contribution < -0.4 is 20.9 Å². The number of nitrogens with one attached hydrogen (secondary N) is 3. The van der Waals surface area contributed by atoms with Crippen molar-refractivity contribution >= 4 is 50.4 Å². The molecular formula is C19H13N5O4S2. The van der Waals surface area contributed by atoms with Crippen molar-refractivity contribution in [3.05, 3.63) is 56.9 Å². The standard InChI is InChI=1S/C19H13N5O4S2/c25-13-7-28-12-2-1-9(5-11(12)22-13)6-21-17(27)15-23-16(26)14-10(8-30-19(14)24-15)18-20-3-4-29-18/h1-5,8H,6-7H2,(H,21,27)(H,22,25)(H,23,24,26). The normalized spacial score (nSPS) is 12.9. The molecule has 0 unspecified atom stereocenters. The molecule has 0 saturated heterocycles. The Morgan fingerprint density at radius 1 is 1.27 bits per heavy atom. The Labute approximate surface area is 176 Å². The SMILES string of the molecule is O=C1COc2ccc(CNC(=O)c3nc4scc(-c5nccs5)c4c(=O)[nH]3)cc2N1. The van der Waals surface area contributed by atoms with E-state index in [1.165, 1.54) is 22.7 Å². The molecule has 3 N–H and O–H groups in total. The molecule has 0 aliphatic carbocycles. The van der Waals surface area contributed by atoms with Gasteiger partial charge in [-0.05, 0) is 17.7 Å². The van der Waals surface area contributed by atoms with Gasteiger partial charge < -0.3 is 20.4 Å². The van der Waals surface area contributed by atoms with Crippen molar-refractivity contribution in [2.45, 2.75) is 6.54 Å². The maximum absolute atomic E-state index is 12.6.